The highest BCUT2D eigenvalue weighted by Crippen LogP contribution is 2.38. The van der Waals surface area contributed by atoms with E-state index >= 15 is 0 Å². The van der Waals surface area contributed by atoms with Crippen molar-refractivity contribution in [3.05, 3.63) is 52.8 Å². The SMILES string of the molecule is CC(Nc1ccc2nnc(C(F)(F)F)n2n1)c1cc(C(F)(F)F)cc(C(F)(F)F)c1. The maximum Gasteiger partial charge on any atom is 0.453 e. The molecule has 1 aromatic carbocycles. The van der Waals surface area contributed by atoms with Crippen molar-refractivity contribution in [3.8, 4) is 0 Å². The van der Waals surface area contributed by atoms with Gasteiger partial charge in [0.25, 0.3) is 5.82 Å². The third-order valence-electron chi connectivity index (χ3n) is 3.99. The zero-order valence-electron chi connectivity index (χ0n) is 14.7. The summed E-state index contributed by atoms with van der Waals surface area (Å²) in [4.78, 5) is 0. The molecule has 30 heavy (non-hydrogen) atoms. The van der Waals surface area contributed by atoms with Crippen LogP contribution in [-0.2, 0) is 18.5 Å². The highest BCUT2D eigenvalue weighted by Gasteiger charge is 2.38. The van der Waals surface area contributed by atoms with Crippen LogP contribution in [0.25, 0.3) is 5.65 Å². The van der Waals surface area contributed by atoms with Gasteiger partial charge in [-0.1, -0.05) is 0 Å². The second-order valence-corrected chi connectivity index (χ2v) is 6.22. The first-order valence-corrected chi connectivity index (χ1v) is 8.02. The molecule has 3 aromatic rings. The van der Waals surface area contributed by atoms with E-state index < -0.39 is 41.5 Å². The summed E-state index contributed by atoms with van der Waals surface area (Å²) in [6.45, 7) is 1.23. The zero-order chi connectivity index (χ0) is 22.5. The minimum absolute atomic E-state index is 0.0205. The Labute approximate surface area is 161 Å². The number of rotatable bonds is 3. The van der Waals surface area contributed by atoms with E-state index in [1.165, 1.54) is 13.0 Å². The summed E-state index contributed by atoms with van der Waals surface area (Å²) in [6.07, 6.45) is -14.9. The topological polar surface area (TPSA) is 55.1 Å². The Morgan fingerprint density at radius 1 is 0.800 bits per heavy atom. The molecule has 0 saturated heterocycles. The van der Waals surface area contributed by atoms with Crippen LogP contribution in [0.2, 0.25) is 0 Å². The molecule has 0 amide bonds. The van der Waals surface area contributed by atoms with Crippen molar-refractivity contribution in [2.24, 2.45) is 0 Å². The largest absolute Gasteiger partial charge is 0.453 e. The lowest BCUT2D eigenvalue weighted by atomic mass is 10.0. The molecule has 0 bridgehead atoms. The number of nitrogens with zero attached hydrogens (tertiary/aromatic N) is 4. The number of halogens is 9. The summed E-state index contributed by atoms with van der Waals surface area (Å²) in [5.41, 5.74) is -3.66. The summed E-state index contributed by atoms with van der Waals surface area (Å²) >= 11 is 0. The highest BCUT2D eigenvalue weighted by atomic mass is 19.4. The van der Waals surface area contributed by atoms with Crippen LogP contribution in [0.15, 0.2) is 30.3 Å². The van der Waals surface area contributed by atoms with E-state index in [0.717, 1.165) is 6.07 Å². The van der Waals surface area contributed by atoms with Crippen LogP contribution >= 0.6 is 0 Å². The molecule has 0 radical (unpaired) electrons. The quantitative estimate of drug-likeness (QED) is 0.555. The molecule has 5 nitrogen and oxygen atoms in total. The van der Waals surface area contributed by atoms with Gasteiger partial charge in [-0.15, -0.1) is 15.3 Å². The van der Waals surface area contributed by atoms with Gasteiger partial charge >= 0.3 is 18.5 Å². The average molecular weight is 443 g/mol. The van der Waals surface area contributed by atoms with Crippen LogP contribution < -0.4 is 5.32 Å². The van der Waals surface area contributed by atoms with Gasteiger partial charge in [0, 0.05) is 0 Å². The van der Waals surface area contributed by atoms with Crippen LogP contribution in [0.4, 0.5) is 45.3 Å². The third kappa shape index (κ3) is 4.41. The van der Waals surface area contributed by atoms with Gasteiger partial charge in [0.1, 0.15) is 5.82 Å². The van der Waals surface area contributed by atoms with Crippen LogP contribution in [-0.4, -0.2) is 19.8 Å². The van der Waals surface area contributed by atoms with E-state index in [4.69, 9.17) is 0 Å². The Morgan fingerprint density at radius 3 is 1.87 bits per heavy atom. The van der Waals surface area contributed by atoms with Crippen molar-refractivity contribution in [3.63, 3.8) is 0 Å². The van der Waals surface area contributed by atoms with Crippen LogP contribution in [0.3, 0.4) is 0 Å². The Morgan fingerprint density at radius 2 is 1.37 bits per heavy atom. The first-order chi connectivity index (χ1) is 13.7. The fourth-order valence-electron chi connectivity index (χ4n) is 2.58. The standard InChI is InChI=1S/C16H10F9N5/c1-7(8-4-9(14(17,18)19)6-10(5-8)15(20,21)22)26-11-2-3-12-27-28-13(16(23,24)25)30(12)29-11/h2-7H,1H3,(H,26,29). The van der Waals surface area contributed by atoms with E-state index in [9.17, 15) is 39.5 Å². The maximum absolute atomic E-state index is 13.0. The second kappa shape index (κ2) is 7.02. The molecular weight excluding hydrogens is 433 g/mol. The van der Waals surface area contributed by atoms with Crippen LogP contribution in [0.5, 0.6) is 0 Å². The number of nitrogens with one attached hydrogen (secondary N) is 1. The van der Waals surface area contributed by atoms with Gasteiger partial charge < -0.3 is 5.32 Å². The molecule has 1 N–H and O–H groups in total. The van der Waals surface area contributed by atoms with Crippen molar-refractivity contribution in [2.45, 2.75) is 31.5 Å². The van der Waals surface area contributed by atoms with Crippen LogP contribution in [0.1, 0.15) is 35.5 Å². The van der Waals surface area contributed by atoms with E-state index in [1.54, 1.807) is 0 Å². The van der Waals surface area contributed by atoms with E-state index in [0.29, 0.717) is 16.6 Å². The fourth-order valence-corrected chi connectivity index (χ4v) is 2.58. The minimum Gasteiger partial charge on any atom is -0.362 e. The van der Waals surface area contributed by atoms with Gasteiger partial charge in [0.05, 0.1) is 17.2 Å². The number of aromatic nitrogens is 4. The van der Waals surface area contributed by atoms with Gasteiger partial charge in [-0.25, -0.2) is 0 Å². The van der Waals surface area contributed by atoms with Crippen LogP contribution in [0, 0.1) is 0 Å². The predicted molar refractivity (Wildman–Crippen MR) is 84.3 cm³/mol. The molecule has 2 aromatic heterocycles. The Bertz CT molecular complexity index is 1030. The molecule has 0 aliphatic rings. The van der Waals surface area contributed by atoms with Gasteiger partial charge in [-0.3, -0.25) is 0 Å². The molecule has 0 aliphatic carbocycles. The van der Waals surface area contributed by atoms with E-state index in [1.807, 2.05) is 0 Å². The molecule has 0 saturated carbocycles. The normalized spacial score (nSPS) is 14.2. The van der Waals surface area contributed by atoms with Crippen molar-refractivity contribution in [1.82, 2.24) is 19.8 Å². The molecule has 1 atom stereocenters. The van der Waals surface area contributed by atoms with Gasteiger partial charge in [0.15, 0.2) is 5.65 Å². The monoisotopic (exact) mass is 443 g/mol. The minimum atomic E-state index is -5.03. The number of anilines is 1. The Hall–Kier alpha value is -3.06. The molecule has 2 heterocycles. The number of hydrogen-bond acceptors (Lipinski definition) is 4. The van der Waals surface area contributed by atoms with Gasteiger partial charge in [-0.2, -0.15) is 44.0 Å². The molecule has 0 spiro atoms. The van der Waals surface area contributed by atoms with Gasteiger partial charge in [0.2, 0.25) is 0 Å². The van der Waals surface area contributed by atoms with Crippen molar-refractivity contribution < 1.29 is 39.5 Å². The number of fused-ring (bicyclic) bond motifs is 1. The number of benzene rings is 1. The average Bonchev–Trinajstić information content (AvgIpc) is 3.03. The molecule has 1 unspecified atom stereocenters. The molecule has 0 aliphatic heterocycles. The first kappa shape index (κ1) is 21.6. The predicted octanol–water partition coefficient (Wildman–Crippen LogP) is 5.35. The van der Waals surface area contributed by atoms with Crippen molar-refractivity contribution >= 4 is 11.5 Å². The molecule has 3 rings (SSSR count). The summed E-state index contributed by atoms with van der Waals surface area (Å²) < 4.78 is 117. The summed E-state index contributed by atoms with van der Waals surface area (Å²) in [5.74, 6) is -1.68. The lowest BCUT2D eigenvalue weighted by Crippen LogP contribution is -2.16. The molecule has 14 heteroatoms. The highest BCUT2D eigenvalue weighted by molar-refractivity contribution is 5.46. The smallest absolute Gasteiger partial charge is 0.362 e. The van der Waals surface area contributed by atoms with Gasteiger partial charge in [-0.05, 0) is 42.8 Å². The zero-order valence-corrected chi connectivity index (χ0v) is 14.7. The van der Waals surface area contributed by atoms with Crippen molar-refractivity contribution in [1.29, 1.82) is 0 Å². The maximum atomic E-state index is 13.0. The lowest BCUT2D eigenvalue weighted by molar-refractivity contribution is -0.146. The first-order valence-electron chi connectivity index (χ1n) is 8.02. The summed E-state index contributed by atoms with van der Waals surface area (Å²) in [6, 6.07) is 2.13. The van der Waals surface area contributed by atoms with E-state index in [2.05, 4.69) is 20.6 Å². The third-order valence-corrected chi connectivity index (χ3v) is 3.99. The number of alkyl halides is 9. The number of hydrogen-bond donors (Lipinski definition) is 1. The van der Waals surface area contributed by atoms with E-state index in [-0.39, 0.29) is 23.1 Å². The summed E-state index contributed by atoms with van der Waals surface area (Å²) in [7, 11) is 0. The molecule has 0 fully saturated rings. The molecule has 162 valence electrons. The fraction of sp³-hybridized carbons (Fsp3) is 0.312. The molecular formula is C16H10F9N5. The second-order valence-electron chi connectivity index (χ2n) is 6.22. The Kier molecular flexibility index (Phi) is 5.07. The summed E-state index contributed by atoms with van der Waals surface area (Å²) in [5, 5.41) is 12.4. The van der Waals surface area contributed by atoms with Crippen molar-refractivity contribution in [2.75, 3.05) is 5.32 Å². The lowest BCUT2D eigenvalue weighted by Gasteiger charge is -2.19. The Balaban J connectivity index is 1.98.